The third kappa shape index (κ3) is 5.38. The van der Waals surface area contributed by atoms with E-state index >= 15 is 0 Å². The van der Waals surface area contributed by atoms with E-state index in [-0.39, 0.29) is 17.8 Å². The van der Waals surface area contributed by atoms with Gasteiger partial charge in [-0.3, -0.25) is 4.79 Å². The molecule has 8 heteroatoms. The first-order valence-electron chi connectivity index (χ1n) is 11.5. The highest BCUT2D eigenvalue weighted by Crippen LogP contribution is 2.37. The van der Waals surface area contributed by atoms with E-state index in [0.29, 0.717) is 11.7 Å². The Morgan fingerprint density at radius 1 is 1.09 bits per heavy atom. The second-order valence-electron chi connectivity index (χ2n) is 8.10. The summed E-state index contributed by atoms with van der Waals surface area (Å²) in [6.07, 6.45) is 2.01. The lowest BCUT2D eigenvalue weighted by Gasteiger charge is -2.21. The molecule has 1 unspecified atom stereocenters. The van der Waals surface area contributed by atoms with Crippen LogP contribution >= 0.6 is 11.8 Å². The fourth-order valence-corrected chi connectivity index (χ4v) is 4.91. The predicted molar refractivity (Wildman–Crippen MR) is 131 cm³/mol. The Labute approximate surface area is 198 Å². The molecule has 1 heterocycles. The summed E-state index contributed by atoms with van der Waals surface area (Å²) in [6, 6.07) is 14.7. The standard InChI is InChI=1S/C25H30FN5OS/c1-4-30(5-2)21-15-9-18(10-16-21)23-28-29-25(31(23)6-3)33-22(24(32)27-20-13-14-20)17-7-11-19(26)12-8-17/h7-12,15-16,20,22H,4-6,13-14H2,1-3H3,(H,27,32). The normalized spacial score (nSPS) is 14.2. The molecule has 4 rings (SSSR count). The van der Waals surface area contributed by atoms with Crippen molar-refractivity contribution in [1.29, 1.82) is 0 Å². The number of hydrogen-bond donors (Lipinski definition) is 1. The van der Waals surface area contributed by atoms with Crippen LogP contribution in [0.2, 0.25) is 0 Å². The summed E-state index contributed by atoms with van der Waals surface area (Å²) in [5.74, 6) is 0.369. The molecule has 1 aliphatic rings. The lowest BCUT2D eigenvalue weighted by atomic mass is 10.1. The number of amides is 1. The van der Waals surface area contributed by atoms with E-state index in [2.05, 4.69) is 58.5 Å². The molecule has 1 amide bonds. The molecule has 1 atom stereocenters. The molecule has 6 nitrogen and oxygen atoms in total. The summed E-state index contributed by atoms with van der Waals surface area (Å²) < 4.78 is 15.5. The van der Waals surface area contributed by atoms with Crippen LogP contribution < -0.4 is 10.2 Å². The zero-order valence-electron chi connectivity index (χ0n) is 19.3. The van der Waals surface area contributed by atoms with Gasteiger partial charge in [-0.05, 0) is 75.6 Å². The minimum Gasteiger partial charge on any atom is -0.372 e. The Balaban J connectivity index is 1.61. The van der Waals surface area contributed by atoms with Crippen LogP contribution in [0.15, 0.2) is 53.7 Å². The molecule has 1 aliphatic carbocycles. The van der Waals surface area contributed by atoms with Crippen molar-refractivity contribution in [2.75, 3.05) is 18.0 Å². The average molecular weight is 468 g/mol. The van der Waals surface area contributed by atoms with E-state index in [0.717, 1.165) is 42.9 Å². The summed E-state index contributed by atoms with van der Waals surface area (Å²) in [6.45, 7) is 8.91. The molecular formula is C25H30FN5OS. The number of rotatable bonds is 10. The van der Waals surface area contributed by atoms with Crippen molar-refractivity contribution in [3.8, 4) is 11.4 Å². The summed E-state index contributed by atoms with van der Waals surface area (Å²) in [7, 11) is 0. The van der Waals surface area contributed by atoms with Gasteiger partial charge in [0.1, 0.15) is 11.1 Å². The highest BCUT2D eigenvalue weighted by Gasteiger charge is 2.30. The number of aromatic nitrogens is 3. The molecule has 33 heavy (non-hydrogen) atoms. The Bertz CT molecular complexity index is 1080. The van der Waals surface area contributed by atoms with Gasteiger partial charge < -0.3 is 14.8 Å². The van der Waals surface area contributed by atoms with Crippen molar-refractivity contribution in [3.05, 3.63) is 59.9 Å². The molecule has 0 bridgehead atoms. The van der Waals surface area contributed by atoms with E-state index in [1.807, 2.05) is 11.5 Å². The summed E-state index contributed by atoms with van der Waals surface area (Å²) in [5.41, 5.74) is 2.90. The first kappa shape index (κ1) is 23.3. The quantitative estimate of drug-likeness (QED) is 0.422. The van der Waals surface area contributed by atoms with Crippen LogP contribution in [0.3, 0.4) is 0 Å². The van der Waals surface area contributed by atoms with Crippen molar-refractivity contribution in [2.45, 2.75) is 56.6 Å². The summed E-state index contributed by atoms with van der Waals surface area (Å²) in [4.78, 5) is 15.3. The molecule has 174 valence electrons. The Morgan fingerprint density at radius 3 is 2.33 bits per heavy atom. The fraction of sp³-hybridized carbons (Fsp3) is 0.400. The molecule has 0 saturated heterocycles. The zero-order chi connectivity index (χ0) is 23.4. The first-order valence-corrected chi connectivity index (χ1v) is 12.4. The van der Waals surface area contributed by atoms with Crippen LogP contribution in [0, 0.1) is 5.82 Å². The second kappa shape index (κ2) is 10.4. The number of carbonyl (C=O) groups is 1. The average Bonchev–Trinajstić information content (AvgIpc) is 3.55. The summed E-state index contributed by atoms with van der Waals surface area (Å²) >= 11 is 1.35. The minimum absolute atomic E-state index is 0.0788. The van der Waals surface area contributed by atoms with Crippen molar-refractivity contribution in [2.24, 2.45) is 0 Å². The van der Waals surface area contributed by atoms with Crippen LogP contribution in [-0.2, 0) is 11.3 Å². The SMILES string of the molecule is CCN(CC)c1ccc(-c2nnc(SC(C(=O)NC3CC3)c3ccc(F)cc3)n2CC)cc1. The number of thioether (sulfide) groups is 1. The van der Waals surface area contributed by atoms with Crippen LogP contribution in [-0.4, -0.2) is 39.8 Å². The fourth-order valence-electron chi connectivity index (χ4n) is 3.81. The predicted octanol–water partition coefficient (Wildman–Crippen LogP) is 5.06. The minimum atomic E-state index is -0.529. The van der Waals surface area contributed by atoms with Crippen LogP contribution in [0.5, 0.6) is 0 Å². The number of nitrogens with one attached hydrogen (secondary N) is 1. The molecule has 0 aliphatic heterocycles. The van der Waals surface area contributed by atoms with Gasteiger partial charge in [0, 0.05) is 36.9 Å². The van der Waals surface area contributed by atoms with E-state index in [9.17, 15) is 9.18 Å². The maximum Gasteiger partial charge on any atom is 0.238 e. The Hall–Kier alpha value is -2.87. The van der Waals surface area contributed by atoms with Gasteiger partial charge in [0.2, 0.25) is 5.91 Å². The third-order valence-electron chi connectivity index (χ3n) is 5.85. The monoisotopic (exact) mass is 467 g/mol. The zero-order valence-corrected chi connectivity index (χ0v) is 20.1. The molecule has 2 aromatic carbocycles. The maximum absolute atomic E-state index is 13.5. The van der Waals surface area contributed by atoms with Gasteiger partial charge in [-0.1, -0.05) is 23.9 Å². The number of benzene rings is 2. The van der Waals surface area contributed by atoms with E-state index < -0.39 is 5.25 Å². The van der Waals surface area contributed by atoms with Crippen molar-refractivity contribution >= 4 is 23.4 Å². The van der Waals surface area contributed by atoms with Crippen LogP contribution in [0.25, 0.3) is 11.4 Å². The molecule has 1 aromatic heterocycles. The van der Waals surface area contributed by atoms with Crippen molar-refractivity contribution in [3.63, 3.8) is 0 Å². The number of hydrogen-bond acceptors (Lipinski definition) is 5. The molecular weight excluding hydrogens is 437 g/mol. The van der Waals surface area contributed by atoms with Gasteiger partial charge in [-0.25, -0.2) is 4.39 Å². The van der Waals surface area contributed by atoms with Crippen LogP contribution in [0.1, 0.15) is 44.4 Å². The number of nitrogens with zero attached hydrogens (tertiary/aromatic N) is 4. The summed E-state index contributed by atoms with van der Waals surface area (Å²) in [5, 5.41) is 12.1. The van der Waals surface area contributed by atoms with Crippen LogP contribution in [0.4, 0.5) is 10.1 Å². The van der Waals surface area contributed by atoms with Gasteiger partial charge in [-0.15, -0.1) is 10.2 Å². The molecule has 0 spiro atoms. The third-order valence-corrected chi connectivity index (χ3v) is 7.08. The Kier molecular flexibility index (Phi) is 7.33. The van der Waals surface area contributed by atoms with Gasteiger partial charge in [-0.2, -0.15) is 0 Å². The smallest absolute Gasteiger partial charge is 0.238 e. The van der Waals surface area contributed by atoms with E-state index in [1.165, 1.54) is 29.6 Å². The van der Waals surface area contributed by atoms with Crippen molar-refractivity contribution < 1.29 is 9.18 Å². The highest BCUT2D eigenvalue weighted by molar-refractivity contribution is 8.00. The van der Waals surface area contributed by atoms with E-state index in [1.54, 1.807) is 12.1 Å². The van der Waals surface area contributed by atoms with Gasteiger partial charge in [0.05, 0.1) is 0 Å². The first-order chi connectivity index (χ1) is 16.0. The molecule has 1 saturated carbocycles. The van der Waals surface area contributed by atoms with Gasteiger partial charge >= 0.3 is 0 Å². The largest absolute Gasteiger partial charge is 0.372 e. The van der Waals surface area contributed by atoms with Crippen molar-refractivity contribution in [1.82, 2.24) is 20.1 Å². The van der Waals surface area contributed by atoms with Gasteiger partial charge in [0.25, 0.3) is 0 Å². The lowest BCUT2D eigenvalue weighted by Crippen LogP contribution is -2.30. The molecule has 1 fully saturated rings. The molecule has 0 radical (unpaired) electrons. The number of halogens is 1. The topological polar surface area (TPSA) is 63.1 Å². The molecule has 1 N–H and O–H groups in total. The molecule has 3 aromatic rings. The second-order valence-corrected chi connectivity index (χ2v) is 9.17. The maximum atomic E-state index is 13.5. The highest BCUT2D eigenvalue weighted by atomic mass is 32.2. The number of anilines is 1. The number of carbonyl (C=O) groups excluding carboxylic acids is 1. The van der Waals surface area contributed by atoms with E-state index in [4.69, 9.17) is 0 Å². The van der Waals surface area contributed by atoms with Gasteiger partial charge in [0.15, 0.2) is 11.0 Å². The Morgan fingerprint density at radius 2 is 1.76 bits per heavy atom. The lowest BCUT2D eigenvalue weighted by molar-refractivity contribution is -0.120.